The van der Waals surface area contributed by atoms with Gasteiger partial charge in [-0.25, -0.2) is 0 Å². The molecule has 0 unspecified atom stereocenters. The van der Waals surface area contributed by atoms with E-state index in [9.17, 15) is 0 Å². The molecule has 1 aliphatic rings. The molecule has 0 fully saturated rings. The molecule has 1 aromatic carbocycles. The SMILES string of the molecule is CCC(C)(CC)c1ccc2c(c1)C(C)(C)CNC2. The first-order valence-corrected chi connectivity index (χ1v) is 7.27. The van der Waals surface area contributed by atoms with Crippen LogP contribution in [0, 0.1) is 0 Å². The lowest BCUT2D eigenvalue weighted by Crippen LogP contribution is -2.39. The minimum Gasteiger partial charge on any atom is -0.312 e. The van der Waals surface area contributed by atoms with Crippen LogP contribution >= 0.6 is 0 Å². The van der Waals surface area contributed by atoms with Gasteiger partial charge in [-0.05, 0) is 34.9 Å². The van der Waals surface area contributed by atoms with E-state index in [0.29, 0.717) is 5.41 Å². The van der Waals surface area contributed by atoms with Gasteiger partial charge in [0.1, 0.15) is 0 Å². The molecule has 1 heterocycles. The topological polar surface area (TPSA) is 12.0 Å². The largest absolute Gasteiger partial charge is 0.312 e. The summed E-state index contributed by atoms with van der Waals surface area (Å²) in [5.74, 6) is 0. The van der Waals surface area contributed by atoms with E-state index < -0.39 is 0 Å². The van der Waals surface area contributed by atoms with Crippen molar-refractivity contribution in [3.63, 3.8) is 0 Å². The first-order valence-electron chi connectivity index (χ1n) is 7.27. The van der Waals surface area contributed by atoms with Crippen LogP contribution in [0.4, 0.5) is 0 Å². The smallest absolute Gasteiger partial charge is 0.0208 e. The predicted molar refractivity (Wildman–Crippen MR) is 79.1 cm³/mol. The van der Waals surface area contributed by atoms with Gasteiger partial charge in [0, 0.05) is 18.5 Å². The lowest BCUT2D eigenvalue weighted by atomic mass is 9.73. The average Bonchev–Trinajstić information content (AvgIpc) is 2.37. The first-order chi connectivity index (χ1) is 8.43. The molecule has 0 radical (unpaired) electrons. The third kappa shape index (κ3) is 2.21. The minimum atomic E-state index is 0.256. The Hall–Kier alpha value is -0.820. The van der Waals surface area contributed by atoms with Gasteiger partial charge in [-0.2, -0.15) is 0 Å². The fourth-order valence-corrected chi connectivity index (χ4v) is 3.00. The predicted octanol–water partition coefficient (Wildman–Crippen LogP) is 4.15. The summed E-state index contributed by atoms with van der Waals surface area (Å²) in [4.78, 5) is 0. The van der Waals surface area contributed by atoms with E-state index in [1.54, 1.807) is 5.56 Å². The molecule has 0 saturated heterocycles. The number of fused-ring (bicyclic) bond motifs is 1. The minimum absolute atomic E-state index is 0.256. The quantitative estimate of drug-likeness (QED) is 0.843. The Bertz CT molecular complexity index is 427. The Morgan fingerprint density at radius 2 is 1.89 bits per heavy atom. The molecule has 1 aromatic rings. The van der Waals surface area contributed by atoms with Crippen LogP contribution in [-0.4, -0.2) is 6.54 Å². The van der Waals surface area contributed by atoms with Gasteiger partial charge >= 0.3 is 0 Å². The van der Waals surface area contributed by atoms with Crippen molar-refractivity contribution in [2.24, 2.45) is 0 Å². The van der Waals surface area contributed by atoms with Gasteiger partial charge in [-0.1, -0.05) is 52.8 Å². The molecular formula is C17H27N. The molecule has 0 aromatic heterocycles. The van der Waals surface area contributed by atoms with E-state index in [1.807, 2.05) is 0 Å². The fourth-order valence-electron chi connectivity index (χ4n) is 3.00. The third-order valence-electron chi connectivity index (χ3n) is 4.98. The van der Waals surface area contributed by atoms with E-state index in [2.05, 4.69) is 58.1 Å². The van der Waals surface area contributed by atoms with Crippen molar-refractivity contribution in [3.05, 3.63) is 34.9 Å². The lowest BCUT2D eigenvalue weighted by molar-refractivity contribution is 0.420. The summed E-state index contributed by atoms with van der Waals surface area (Å²) in [6.07, 6.45) is 2.42. The molecule has 0 atom stereocenters. The molecule has 100 valence electrons. The summed E-state index contributed by atoms with van der Waals surface area (Å²) in [5.41, 5.74) is 5.12. The van der Waals surface area contributed by atoms with Crippen LogP contribution < -0.4 is 5.32 Å². The number of benzene rings is 1. The molecule has 0 spiro atoms. The second-order valence-electron chi connectivity index (χ2n) is 6.63. The van der Waals surface area contributed by atoms with E-state index in [4.69, 9.17) is 0 Å². The monoisotopic (exact) mass is 245 g/mol. The van der Waals surface area contributed by atoms with Crippen molar-refractivity contribution in [3.8, 4) is 0 Å². The first kappa shape index (κ1) is 13.6. The summed E-state index contributed by atoms with van der Waals surface area (Å²) in [5, 5.41) is 3.52. The van der Waals surface area contributed by atoms with E-state index in [1.165, 1.54) is 24.0 Å². The van der Waals surface area contributed by atoms with Crippen LogP contribution in [0.5, 0.6) is 0 Å². The molecule has 18 heavy (non-hydrogen) atoms. The van der Waals surface area contributed by atoms with Gasteiger partial charge in [-0.3, -0.25) is 0 Å². The Kier molecular flexibility index (Phi) is 3.55. The maximum atomic E-state index is 3.52. The number of hydrogen-bond donors (Lipinski definition) is 1. The summed E-state index contributed by atoms with van der Waals surface area (Å²) in [6.45, 7) is 13.8. The van der Waals surface area contributed by atoms with Gasteiger partial charge in [0.25, 0.3) is 0 Å². The number of nitrogens with one attached hydrogen (secondary N) is 1. The molecule has 0 bridgehead atoms. The highest BCUT2D eigenvalue weighted by atomic mass is 14.9. The van der Waals surface area contributed by atoms with Gasteiger partial charge in [-0.15, -0.1) is 0 Å². The van der Waals surface area contributed by atoms with Gasteiger partial charge in [0.15, 0.2) is 0 Å². The van der Waals surface area contributed by atoms with Crippen molar-refractivity contribution < 1.29 is 0 Å². The van der Waals surface area contributed by atoms with Crippen molar-refractivity contribution in [2.45, 2.75) is 64.8 Å². The van der Waals surface area contributed by atoms with Gasteiger partial charge in [0.2, 0.25) is 0 Å². The van der Waals surface area contributed by atoms with Gasteiger partial charge < -0.3 is 5.32 Å². The van der Waals surface area contributed by atoms with Crippen molar-refractivity contribution in [2.75, 3.05) is 6.54 Å². The Morgan fingerprint density at radius 1 is 1.22 bits per heavy atom. The van der Waals surface area contributed by atoms with E-state index in [0.717, 1.165) is 13.1 Å². The Balaban J connectivity index is 2.49. The fraction of sp³-hybridized carbons (Fsp3) is 0.647. The average molecular weight is 245 g/mol. The molecule has 0 aliphatic carbocycles. The van der Waals surface area contributed by atoms with E-state index in [-0.39, 0.29) is 5.41 Å². The van der Waals surface area contributed by atoms with Gasteiger partial charge in [0.05, 0.1) is 0 Å². The zero-order chi connectivity index (χ0) is 13.4. The standard InChI is InChI=1S/C17H27N/c1-6-17(5,7-2)14-9-8-13-11-18-12-16(3,4)15(13)10-14/h8-10,18H,6-7,11-12H2,1-5H3. The molecule has 1 N–H and O–H groups in total. The molecule has 2 rings (SSSR count). The zero-order valence-corrected chi connectivity index (χ0v) is 12.6. The normalized spacial score (nSPS) is 18.5. The molecule has 0 amide bonds. The second-order valence-corrected chi connectivity index (χ2v) is 6.63. The molecule has 1 heteroatoms. The van der Waals surface area contributed by atoms with Crippen LogP contribution in [0.25, 0.3) is 0 Å². The second kappa shape index (κ2) is 4.70. The number of hydrogen-bond acceptors (Lipinski definition) is 1. The van der Waals surface area contributed by atoms with Crippen molar-refractivity contribution in [1.29, 1.82) is 0 Å². The molecule has 1 aliphatic heterocycles. The highest BCUT2D eigenvalue weighted by Crippen LogP contribution is 2.36. The Morgan fingerprint density at radius 3 is 2.50 bits per heavy atom. The molecule has 1 nitrogen and oxygen atoms in total. The van der Waals surface area contributed by atoms with Crippen LogP contribution in [0.3, 0.4) is 0 Å². The maximum absolute atomic E-state index is 3.52. The highest BCUT2D eigenvalue weighted by molar-refractivity contribution is 5.41. The van der Waals surface area contributed by atoms with Crippen LogP contribution in [0.1, 0.15) is 64.2 Å². The Labute approximate surface area is 112 Å². The van der Waals surface area contributed by atoms with Crippen LogP contribution in [0.2, 0.25) is 0 Å². The summed E-state index contributed by atoms with van der Waals surface area (Å²) in [6, 6.07) is 7.15. The molecule has 0 saturated carbocycles. The maximum Gasteiger partial charge on any atom is 0.0208 e. The third-order valence-corrected chi connectivity index (χ3v) is 4.98. The highest BCUT2D eigenvalue weighted by Gasteiger charge is 2.30. The van der Waals surface area contributed by atoms with Crippen LogP contribution in [-0.2, 0) is 17.4 Å². The van der Waals surface area contributed by atoms with E-state index >= 15 is 0 Å². The summed E-state index contributed by atoms with van der Waals surface area (Å²) in [7, 11) is 0. The zero-order valence-electron chi connectivity index (χ0n) is 12.6. The number of rotatable bonds is 3. The van der Waals surface area contributed by atoms with Crippen molar-refractivity contribution in [1.82, 2.24) is 5.32 Å². The van der Waals surface area contributed by atoms with Crippen molar-refractivity contribution >= 4 is 0 Å². The molecular weight excluding hydrogens is 218 g/mol. The summed E-state index contributed by atoms with van der Waals surface area (Å²) >= 11 is 0. The summed E-state index contributed by atoms with van der Waals surface area (Å²) < 4.78 is 0. The van der Waals surface area contributed by atoms with Crippen LogP contribution in [0.15, 0.2) is 18.2 Å². The lowest BCUT2D eigenvalue weighted by Gasteiger charge is -2.36.